The number of aliphatic carboxylic acids is 1. The molecule has 0 radical (unpaired) electrons. The van der Waals surface area contributed by atoms with Crippen LogP contribution in [0, 0.1) is 6.92 Å². The van der Waals surface area contributed by atoms with E-state index in [1.165, 1.54) is 0 Å². The van der Waals surface area contributed by atoms with Gasteiger partial charge in [-0.15, -0.1) is 0 Å². The second-order valence-corrected chi connectivity index (χ2v) is 4.76. The lowest BCUT2D eigenvalue weighted by atomic mass is 10.2. The number of carbonyl (C=O) groups is 2. The van der Waals surface area contributed by atoms with Crippen LogP contribution < -0.4 is 10.1 Å². The minimum Gasteiger partial charge on any atom is -0.494 e. The van der Waals surface area contributed by atoms with Crippen LogP contribution in [-0.2, 0) is 9.59 Å². The van der Waals surface area contributed by atoms with Gasteiger partial charge in [-0.3, -0.25) is 4.79 Å². The van der Waals surface area contributed by atoms with Crippen LogP contribution in [0.1, 0.15) is 24.8 Å². The smallest absolute Gasteiger partial charge is 0.332 e. The highest BCUT2D eigenvalue weighted by atomic mass is 16.5. The quantitative estimate of drug-likeness (QED) is 0.593. The maximum Gasteiger partial charge on any atom is 0.332 e. The van der Waals surface area contributed by atoms with Gasteiger partial charge in [-0.1, -0.05) is 12.1 Å². The van der Waals surface area contributed by atoms with Gasteiger partial charge in [-0.2, -0.15) is 0 Å². The molecule has 1 amide bonds. The Morgan fingerprint density at radius 3 is 2.81 bits per heavy atom. The van der Waals surface area contributed by atoms with E-state index in [9.17, 15) is 9.59 Å². The van der Waals surface area contributed by atoms with E-state index in [1.54, 1.807) is 0 Å². The van der Waals surface area contributed by atoms with E-state index in [1.807, 2.05) is 31.2 Å². The van der Waals surface area contributed by atoms with Crippen LogP contribution in [0.25, 0.3) is 0 Å². The lowest BCUT2D eigenvalue weighted by Crippen LogP contribution is -2.30. The van der Waals surface area contributed by atoms with E-state index in [0.29, 0.717) is 19.4 Å². The summed E-state index contributed by atoms with van der Waals surface area (Å²) in [6, 6.07) is 7.67. The molecule has 0 fully saturated rings. The van der Waals surface area contributed by atoms with E-state index >= 15 is 0 Å². The van der Waals surface area contributed by atoms with Gasteiger partial charge in [-0.05, 0) is 31.0 Å². The van der Waals surface area contributed by atoms with Crippen molar-refractivity contribution in [3.05, 3.63) is 29.8 Å². The minimum absolute atomic E-state index is 0.000859. The average molecular weight is 295 g/mol. The molecule has 0 aromatic heterocycles. The molecule has 6 nitrogen and oxygen atoms in total. The normalized spacial score (nSPS) is 11.7. The number of amides is 1. The first-order chi connectivity index (χ1) is 9.99. The monoisotopic (exact) mass is 295 g/mol. The number of aliphatic hydroxyl groups excluding tert-OH is 1. The van der Waals surface area contributed by atoms with Gasteiger partial charge in [0, 0.05) is 19.4 Å². The van der Waals surface area contributed by atoms with Gasteiger partial charge in [0.15, 0.2) is 6.10 Å². The van der Waals surface area contributed by atoms with Gasteiger partial charge in [-0.25, -0.2) is 4.79 Å². The fourth-order valence-corrected chi connectivity index (χ4v) is 1.69. The van der Waals surface area contributed by atoms with Gasteiger partial charge >= 0.3 is 5.97 Å². The summed E-state index contributed by atoms with van der Waals surface area (Å²) < 4.78 is 5.51. The molecule has 0 aliphatic carbocycles. The molecule has 0 aliphatic rings. The van der Waals surface area contributed by atoms with Crippen molar-refractivity contribution in [1.82, 2.24) is 5.32 Å². The number of carboxylic acids is 1. The summed E-state index contributed by atoms with van der Waals surface area (Å²) in [6.07, 6.45) is -0.563. The summed E-state index contributed by atoms with van der Waals surface area (Å²) in [7, 11) is 0. The third kappa shape index (κ3) is 7.31. The van der Waals surface area contributed by atoms with Crippen molar-refractivity contribution in [2.75, 3.05) is 13.2 Å². The maximum absolute atomic E-state index is 11.5. The van der Waals surface area contributed by atoms with Gasteiger partial charge in [0.1, 0.15) is 5.75 Å². The fraction of sp³-hybridized carbons (Fsp3) is 0.467. The van der Waals surface area contributed by atoms with Crippen LogP contribution in [0.5, 0.6) is 5.75 Å². The first kappa shape index (κ1) is 17.0. The first-order valence-electron chi connectivity index (χ1n) is 6.86. The van der Waals surface area contributed by atoms with E-state index in [-0.39, 0.29) is 18.9 Å². The van der Waals surface area contributed by atoms with Crippen molar-refractivity contribution in [3.8, 4) is 5.75 Å². The molecule has 6 heteroatoms. The van der Waals surface area contributed by atoms with Crippen LogP contribution in [-0.4, -0.2) is 41.3 Å². The van der Waals surface area contributed by atoms with Crippen molar-refractivity contribution in [3.63, 3.8) is 0 Å². The molecule has 0 aliphatic heterocycles. The number of aryl methyl sites for hydroxylation is 1. The molecule has 1 aromatic rings. The minimum atomic E-state index is -1.44. The summed E-state index contributed by atoms with van der Waals surface area (Å²) >= 11 is 0. The van der Waals surface area contributed by atoms with Crippen LogP contribution in [0.2, 0.25) is 0 Å². The van der Waals surface area contributed by atoms with Crippen molar-refractivity contribution < 1.29 is 24.5 Å². The summed E-state index contributed by atoms with van der Waals surface area (Å²) in [4.78, 5) is 21.8. The standard InChI is InChI=1S/C15H21NO5/c1-11-4-2-5-12(10-11)21-9-3-6-14(18)16-8-7-13(17)15(19)20/h2,4-5,10,13,17H,3,6-9H2,1H3,(H,16,18)(H,19,20)/t13-/m0/s1. The van der Waals surface area contributed by atoms with E-state index < -0.39 is 12.1 Å². The molecule has 116 valence electrons. The van der Waals surface area contributed by atoms with E-state index in [2.05, 4.69) is 5.32 Å². The molecule has 1 rings (SSSR count). The number of rotatable bonds is 9. The summed E-state index contributed by atoms with van der Waals surface area (Å²) in [5, 5.41) is 20.1. The lowest BCUT2D eigenvalue weighted by Gasteiger charge is -2.08. The van der Waals surface area contributed by atoms with Crippen LogP contribution in [0.3, 0.4) is 0 Å². The maximum atomic E-state index is 11.5. The molecule has 3 N–H and O–H groups in total. The SMILES string of the molecule is Cc1cccc(OCCCC(=O)NCC[C@H](O)C(=O)O)c1. The molecule has 0 bridgehead atoms. The number of ether oxygens (including phenoxy) is 1. The van der Waals surface area contributed by atoms with Crippen molar-refractivity contribution in [2.45, 2.75) is 32.3 Å². The third-order valence-electron chi connectivity index (χ3n) is 2.83. The Balaban J connectivity index is 2.09. The fourth-order valence-electron chi connectivity index (χ4n) is 1.69. The van der Waals surface area contributed by atoms with Crippen molar-refractivity contribution in [2.24, 2.45) is 0 Å². The molecular formula is C15H21NO5. The number of hydrogen-bond donors (Lipinski definition) is 3. The Kier molecular flexibility index (Phi) is 7.25. The summed E-state index contributed by atoms with van der Waals surface area (Å²) in [5.41, 5.74) is 1.11. The Morgan fingerprint density at radius 2 is 2.14 bits per heavy atom. The van der Waals surface area contributed by atoms with Crippen LogP contribution in [0.4, 0.5) is 0 Å². The second kappa shape index (κ2) is 8.97. The number of nitrogens with one attached hydrogen (secondary N) is 1. The van der Waals surface area contributed by atoms with Crippen LogP contribution in [0.15, 0.2) is 24.3 Å². The number of aliphatic hydroxyl groups is 1. The molecule has 0 spiro atoms. The van der Waals surface area contributed by atoms with Gasteiger partial charge in [0.25, 0.3) is 0 Å². The zero-order valence-corrected chi connectivity index (χ0v) is 12.0. The van der Waals surface area contributed by atoms with Gasteiger partial charge < -0.3 is 20.3 Å². The van der Waals surface area contributed by atoms with Crippen LogP contribution >= 0.6 is 0 Å². The highest BCUT2D eigenvalue weighted by Crippen LogP contribution is 2.12. The van der Waals surface area contributed by atoms with Gasteiger partial charge in [0.2, 0.25) is 5.91 Å². The first-order valence-corrected chi connectivity index (χ1v) is 6.86. The largest absolute Gasteiger partial charge is 0.494 e. The summed E-state index contributed by atoms with van der Waals surface area (Å²) in [5.74, 6) is -0.684. The molecule has 0 unspecified atom stereocenters. The molecule has 1 aromatic carbocycles. The molecule has 0 heterocycles. The van der Waals surface area contributed by atoms with Crippen molar-refractivity contribution in [1.29, 1.82) is 0 Å². The molecular weight excluding hydrogens is 274 g/mol. The highest BCUT2D eigenvalue weighted by molar-refractivity contribution is 5.76. The molecule has 0 saturated carbocycles. The average Bonchev–Trinajstić information content (AvgIpc) is 2.43. The Hall–Kier alpha value is -2.08. The van der Waals surface area contributed by atoms with Gasteiger partial charge in [0.05, 0.1) is 6.61 Å². The summed E-state index contributed by atoms with van der Waals surface area (Å²) in [6.45, 7) is 2.56. The predicted octanol–water partition coefficient (Wildman–Crippen LogP) is 1.11. The Morgan fingerprint density at radius 1 is 1.38 bits per heavy atom. The zero-order chi connectivity index (χ0) is 15.7. The number of benzene rings is 1. The molecule has 1 atom stereocenters. The highest BCUT2D eigenvalue weighted by Gasteiger charge is 2.12. The van der Waals surface area contributed by atoms with E-state index in [4.69, 9.17) is 14.9 Å². The third-order valence-corrected chi connectivity index (χ3v) is 2.83. The topological polar surface area (TPSA) is 95.9 Å². The van der Waals surface area contributed by atoms with E-state index in [0.717, 1.165) is 11.3 Å². The number of hydrogen-bond acceptors (Lipinski definition) is 4. The molecule has 21 heavy (non-hydrogen) atoms. The predicted molar refractivity (Wildman–Crippen MR) is 77.2 cm³/mol. The Labute approximate surface area is 123 Å². The Bertz CT molecular complexity index is 475. The number of carboxylic acid groups (broad SMARTS) is 1. The lowest BCUT2D eigenvalue weighted by molar-refractivity contribution is -0.147. The number of carbonyl (C=O) groups excluding carboxylic acids is 1. The zero-order valence-electron chi connectivity index (χ0n) is 12.0. The second-order valence-electron chi connectivity index (χ2n) is 4.76. The molecule has 0 saturated heterocycles. The van der Waals surface area contributed by atoms with Crippen molar-refractivity contribution >= 4 is 11.9 Å².